The first-order chi connectivity index (χ1) is 8.80. The van der Waals surface area contributed by atoms with Crippen molar-refractivity contribution in [1.82, 2.24) is 0 Å². The lowest BCUT2D eigenvalue weighted by Gasteiger charge is -2.12. The molecule has 0 spiro atoms. The summed E-state index contributed by atoms with van der Waals surface area (Å²) in [7, 11) is 0. The first kappa shape index (κ1) is 12.4. The fourth-order valence-electron chi connectivity index (χ4n) is 2.20. The van der Waals surface area contributed by atoms with E-state index in [1.54, 1.807) is 0 Å². The summed E-state index contributed by atoms with van der Waals surface area (Å²) in [6, 6.07) is 14.9. The summed E-state index contributed by atoms with van der Waals surface area (Å²) in [6.45, 7) is 9.92. The first-order valence-electron chi connectivity index (χ1n) is 6.27. The van der Waals surface area contributed by atoms with Crippen LogP contribution in [0.25, 0.3) is 23.3 Å². The lowest BCUT2D eigenvalue weighted by Crippen LogP contribution is -1.91. The Hall–Kier alpha value is -2.08. The Morgan fingerprint density at radius 1 is 0.944 bits per heavy atom. The molecule has 0 unspecified atom stereocenters. The van der Waals surface area contributed by atoms with Crippen LogP contribution in [-0.4, -0.2) is 0 Å². The van der Waals surface area contributed by atoms with Crippen molar-refractivity contribution in [2.75, 3.05) is 0 Å². The highest BCUT2D eigenvalue weighted by atomic mass is 14.1. The zero-order valence-corrected chi connectivity index (χ0v) is 10.8. The molecule has 0 saturated carbocycles. The molecule has 2 aromatic rings. The van der Waals surface area contributed by atoms with Crippen LogP contribution in [0.15, 0.2) is 55.6 Å². The molecule has 0 bridgehead atoms. The Bertz CT molecular complexity index is 576. The van der Waals surface area contributed by atoms with E-state index in [-0.39, 0.29) is 0 Å². The summed E-state index contributed by atoms with van der Waals surface area (Å²) >= 11 is 0. The molecule has 0 amide bonds. The summed E-state index contributed by atoms with van der Waals surface area (Å²) in [5.41, 5.74) is 6.21. The third kappa shape index (κ3) is 2.28. The van der Waals surface area contributed by atoms with Crippen LogP contribution in [0.1, 0.15) is 23.6 Å². The summed E-state index contributed by atoms with van der Waals surface area (Å²) < 4.78 is 0. The van der Waals surface area contributed by atoms with Crippen molar-refractivity contribution in [2.45, 2.75) is 13.3 Å². The minimum absolute atomic E-state index is 1.03. The van der Waals surface area contributed by atoms with Crippen LogP contribution in [0.2, 0.25) is 0 Å². The number of benzene rings is 2. The van der Waals surface area contributed by atoms with Crippen LogP contribution in [0.5, 0.6) is 0 Å². The molecule has 18 heavy (non-hydrogen) atoms. The van der Waals surface area contributed by atoms with Crippen LogP contribution in [0.4, 0.5) is 0 Å². The van der Waals surface area contributed by atoms with Gasteiger partial charge in [0.2, 0.25) is 0 Å². The van der Waals surface area contributed by atoms with Crippen molar-refractivity contribution in [3.63, 3.8) is 0 Å². The predicted molar refractivity (Wildman–Crippen MR) is 81.4 cm³/mol. The van der Waals surface area contributed by atoms with Gasteiger partial charge in [-0.15, -0.1) is 0 Å². The summed E-state index contributed by atoms with van der Waals surface area (Å²) in [6.07, 6.45) is 4.83. The smallest absolute Gasteiger partial charge is 0.0109 e. The third-order valence-electron chi connectivity index (χ3n) is 3.22. The first-order valence-corrected chi connectivity index (χ1v) is 6.27. The van der Waals surface area contributed by atoms with Gasteiger partial charge in [0, 0.05) is 0 Å². The molecule has 0 heterocycles. The maximum Gasteiger partial charge on any atom is -0.0109 e. The highest BCUT2D eigenvalue weighted by Gasteiger charge is 2.07. The van der Waals surface area contributed by atoms with Gasteiger partial charge in [0.05, 0.1) is 0 Å². The van der Waals surface area contributed by atoms with Gasteiger partial charge in [-0.3, -0.25) is 0 Å². The number of hydrogen-bond donors (Lipinski definition) is 0. The van der Waals surface area contributed by atoms with E-state index in [2.05, 4.69) is 56.5 Å². The van der Waals surface area contributed by atoms with Gasteiger partial charge in [0.25, 0.3) is 0 Å². The van der Waals surface area contributed by atoms with E-state index in [1.807, 2.05) is 18.2 Å². The topological polar surface area (TPSA) is 0 Å². The van der Waals surface area contributed by atoms with Gasteiger partial charge in [-0.1, -0.05) is 68.6 Å². The van der Waals surface area contributed by atoms with Gasteiger partial charge in [-0.05, 0) is 40.3 Å². The Labute approximate surface area is 109 Å². The Morgan fingerprint density at radius 3 is 2.39 bits per heavy atom. The molecule has 2 aromatic carbocycles. The molecule has 0 radical (unpaired) electrons. The van der Waals surface area contributed by atoms with Gasteiger partial charge in [-0.25, -0.2) is 0 Å². The van der Waals surface area contributed by atoms with Crippen LogP contribution >= 0.6 is 0 Å². The minimum Gasteiger partial charge on any atom is -0.0985 e. The van der Waals surface area contributed by atoms with E-state index in [0.29, 0.717) is 0 Å². The molecule has 0 saturated heterocycles. The second-order valence-corrected chi connectivity index (χ2v) is 4.27. The van der Waals surface area contributed by atoms with Crippen molar-refractivity contribution in [3.05, 3.63) is 72.3 Å². The molecule has 0 fully saturated rings. The van der Waals surface area contributed by atoms with Crippen molar-refractivity contribution in [2.24, 2.45) is 0 Å². The average Bonchev–Trinajstić information content (AvgIpc) is 2.46. The number of hydrogen-bond acceptors (Lipinski definition) is 0. The van der Waals surface area contributed by atoms with Gasteiger partial charge in [-0.2, -0.15) is 0 Å². The van der Waals surface area contributed by atoms with Crippen molar-refractivity contribution in [1.29, 1.82) is 0 Å². The molecule has 0 nitrogen and oxygen atoms in total. The summed E-state index contributed by atoms with van der Waals surface area (Å²) in [5, 5.41) is 0. The van der Waals surface area contributed by atoms with E-state index >= 15 is 0 Å². The summed E-state index contributed by atoms with van der Waals surface area (Å²) in [4.78, 5) is 0. The maximum absolute atomic E-state index is 3.90. The summed E-state index contributed by atoms with van der Waals surface area (Å²) in [5.74, 6) is 0. The molecule has 0 aliphatic rings. The molecule has 90 valence electrons. The maximum atomic E-state index is 3.90. The molecule has 0 aliphatic heterocycles. The van der Waals surface area contributed by atoms with E-state index < -0.39 is 0 Å². The van der Waals surface area contributed by atoms with Crippen LogP contribution < -0.4 is 0 Å². The molecule has 0 N–H and O–H groups in total. The molecule has 2 rings (SSSR count). The van der Waals surface area contributed by atoms with Crippen LogP contribution in [0.3, 0.4) is 0 Å². The van der Waals surface area contributed by atoms with E-state index in [0.717, 1.165) is 12.0 Å². The molecule has 0 aromatic heterocycles. The molecule has 0 heteroatoms. The standard InChI is InChI=1S/C18H18/c1-4-14-11-12-16(6-3)18(13-14)17-10-8-7-9-15(17)5-2/h4-5,7-13H,1-2,6H2,3H3. The second-order valence-electron chi connectivity index (χ2n) is 4.27. The van der Waals surface area contributed by atoms with Gasteiger partial charge in [0.1, 0.15) is 0 Å². The Balaban J connectivity index is 2.68. The molecular formula is C18H18. The SMILES string of the molecule is C=Cc1ccc(CC)c(-c2ccccc2C=C)c1. The fraction of sp³-hybridized carbons (Fsp3) is 0.111. The number of aryl methyl sites for hydroxylation is 1. The second kappa shape index (κ2) is 5.50. The van der Waals surface area contributed by atoms with Crippen molar-refractivity contribution < 1.29 is 0 Å². The minimum atomic E-state index is 1.03. The third-order valence-corrected chi connectivity index (χ3v) is 3.22. The van der Waals surface area contributed by atoms with Gasteiger partial charge in [0.15, 0.2) is 0 Å². The molecular weight excluding hydrogens is 216 g/mol. The zero-order chi connectivity index (χ0) is 13.0. The largest absolute Gasteiger partial charge is 0.0985 e. The monoisotopic (exact) mass is 234 g/mol. The lowest BCUT2D eigenvalue weighted by atomic mass is 9.92. The van der Waals surface area contributed by atoms with Crippen molar-refractivity contribution >= 4 is 12.2 Å². The van der Waals surface area contributed by atoms with Crippen LogP contribution in [-0.2, 0) is 6.42 Å². The van der Waals surface area contributed by atoms with Crippen LogP contribution in [0, 0.1) is 0 Å². The van der Waals surface area contributed by atoms with Crippen molar-refractivity contribution in [3.8, 4) is 11.1 Å². The van der Waals surface area contributed by atoms with E-state index in [9.17, 15) is 0 Å². The normalized spacial score (nSPS) is 10.1. The number of rotatable bonds is 4. The quantitative estimate of drug-likeness (QED) is 0.682. The Kier molecular flexibility index (Phi) is 3.78. The highest BCUT2D eigenvalue weighted by molar-refractivity contribution is 5.78. The van der Waals surface area contributed by atoms with Gasteiger partial charge < -0.3 is 0 Å². The molecule has 0 atom stereocenters. The Morgan fingerprint density at radius 2 is 1.72 bits per heavy atom. The van der Waals surface area contributed by atoms with E-state index in [4.69, 9.17) is 0 Å². The zero-order valence-electron chi connectivity index (χ0n) is 10.8. The lowest BCUT2D eigenvalue weighted by molar-refractivity contribution is 1.14. The van der Waals surface area contributed by atoms with E-state index in [1.165, 1.54) is 22.3 Å². The predicted octanol–water partition coefficient (Wildman–Crippen LogP) is 5.20. The van der Waals surface area contributed by atoms with Gasteiger partial charge >= 0.3 is 0 Å². The molecule has 0 aliphatic carbocycles. The average molecular weight is 234 g/mol. The fourth-order valence-corrected chi connectivity index (χ4v) is 2.20. The highest BCUT2D eigenvalue weighted by Crippen LogP contribution is 2.29.